The lowest BCUT2D eigenvalue weighted by atomic mass is 10.2. The van der Waals surface area contributed by atoms with Gasteiger partial charge in [0.25, 0.3) is 5.91 Å². The Bertz CT molecular complexity index is 689. The van der Waals surface area contributed by atoms with Gasteiger partial charge in [-0.2, -0.15) is 0 Å². The van der Waals surface area contributed by atoms with E-state index in [1.807, 2.05) is 13.3 Å². The third-order valence-electron chi connectivity index (χ3n) is 4.49. The highest BCUT2D eigenvalue weighted by Gasteiger charge is 2.23. The molecule has 3 rings (SSSR count). The summed E-state index contributed by atoms with van der Waals surface area (Å²) < 4.78 is 4.04. The van der Waals surface area contributed by atoms with E-state index in [1.54, 1.807) is 28.7 Å². The maximum Gasteiger partial charge on any atom is 0.287 e. The first kappa shape index (κ1) is 17.0. The molecular weight excluding hydrogens is 324 g/mol. The fourth-order valence-electron chi connectivity index (χ4n) is 3.26. The van der Waals surface area contributed by atoms with Crippen LogP contribution in [-0.2, 0) is 13.5 Å². The molecule has 2 aromatic heterocycles. The zero-order valence-corrected chi connectivity index (χ0v) is 15.1. The number of hydrogen-bond acceptors (Lipinski definition) is 5. The van der Waals surface area contributed by atoms with Crippen LogP contribution in [0.2, 0.25) is 0 Å². The van der Waals surface area contributed by atoms with Crippen molar-refractivity contribution in [2.45, 2.75) is 49.7 Å². The van der Waals surface area contributed by atoms with Gasteiger partial charge in [0, 0.05) is 38.4 Å². The summed E-state index contributed by atoms with van der Waals surface area (Å²) in [7, 11) is 1.82. The van der Waals surface area contributed by atoms with Gasteiger partial charge in [0.2, 0.25) is 0 Å². The first-order chi connectivity index (χ1) is 11.7. The van der Waals surface area contributed by atoms with Gasteiger partial charge in [0.1, 0.15) is 5.82 Å². The molecule has 0 atom stereocenters. The van der Waals surface area contributed by atoms with Gasteiger partial charge in [-0.3, -0.25) is 4.79 Å². The van der Waals surface area contributed by atoms with Gasteiger partial charge in [-0.15, -0.1) is 10.2 Å². The molecule has 1 aliphatic rings. The van der Waals surface area contributed by atoms with Crippen LogP contribution in [0.25, 0.3) is 0 Å². The lowest BCUT2D eigenvalue weighted by Gasteiger charge is -2.16. The Kier molecular flexibility index (Phi) is 5.55. The van der Waals surface area contributed by atoms with E-state index < -0.39 is 0 Å². The van der Waals surface area contributed by atoms with Crippen molar-refractivity contribution in [1.29, 1.82) is 0 Å². The van der Waals surface area contributed by atoms with Gasteiger partial charge in [0.05, 0.1) is 0 Å². The number of nitrogens with zero attached hydrogens (tertiary/aromatic N) is 5. The third-order valence-corrected chi connectivity index (χ3v) is 5.14. The van der Waals surface area contributed by atoms with Crippen molar-refractivity contribution >= 4 is 17.7 Å². The fourth-order valence-corrected chi connectivity index (χ4v) is 3.83. The summed E-state index contributed by atoms with van der Waals surface area (Å²) in [4.78, 5) is 16.1. The molecule has 8 heteroatoms. The Labute approximate surface area is 146 Å². The van der Waals surface area contributed by atoms with Crippen molar-refractivity contribution in [2.24, 2.45) is 7.05 Å². The number of nitrogens with one attached hydrogen (secondary N) is 1. The molecular formula is C16H24N6OS. The van der Waals surface area contributed by atoms with E-state index in [1.165, 1.54) is 25.7 Å². The topological polar surface area (TPSA) is 77.6 Å². The normalized spacial score (nSPS) is 15.1. The van der Waals surface area contributed by atoms with Gasteiger partial charge in [0.15, 0.2) is 11.0 Å². The van der Waals surface area contributed by atoms with Crippen LogP contribution < -0.4 is 5.32 Å². The molecule has 0 radical (unpaired) electrons. The van der Waals surface area contributed by atoms with E-state index >= 15 is 0 Å². The van der Waals surface area contributed by atoms with Crippen LogP contribution in [0.15, 0.2) is 17.6 Å². The second-order valence-corrected chi connectivity index (χ2v) is 6.91. The lowest BCUT2D eigenvalue weighted by molar-refractivity contribution is 0.0939. The number of aromatic nitrogens is 5. The minimum atomic E-state index is -0.135. The maximum absolute atomic E-state index is 12.0. The van der Waals surface area contributed by atoms with E-state index in [9.17, 15) is 4.79 Å². The van der Waals surface area contributed by atoms with Crippen molar-refractivity contribution in [3.8, 4) is 0 Å². The molecule has 1 aliphatic carbocycles. The van der Waals surface area contributed by atoms with Crippen molar-refractivity contribution in [3.63, 3.8) is 0 Å². The highest BCUT2D eigenvalue weighted by molar-refractivity contribution is 7.98. The Morgan fingerprint density at radius 3 is 2.83 bits per heavy atom. The second-order valence-electron chi connectivity index (χ2n) is 6.13. The average Bonchev–Trinajstić information content (AvgIpc) is 3.31. The van der Waals surface area contributed by atoms with Crippen molar-refractivity contribution in [2.75, 3.05) is 12.8 Å². The van der Waals surface area contributed by atoms with Crippen LogP contribution in [0.4, 0.5) is 0 Å². The lowest BCUT2D eigenvalue weighted by Crippen LogP contribution is -2.27. The minimum Gasteiger partial charge on any atom is -0.349 e. The monoisotopic (exact) mass is 348 g/mol. The Morgan fingerprint density at radius 1 is 1.38 bits per heavy atom. The molecule has 0 unspecified atom stereocenters. The molecule has 0 aromatic carbocycles. The van der Waals surface area contributed by atoms with Gasteiger partial charge in [-0.1, -0.05) is 24.6 Å². The fraction of sp³-hybridized carbons (Fsp3) is 0.625. The zero-order valence-electron chi connectivity index (χ0n) is 14.2. The zero-order chi connectivity index (χ0) is 16.9. The third kappa shape index (κ3) is 3.63. The molecule has 24 heavy (non-hydrogen) atoms. The number of imidazole rings is 1. The molecule has 1 N–H and O–H groups in total. The molecule has 1 amide bonds. The van der Waals surface area contributed by atoms with Crippen LogP contribution >= 0.6 is 11.8 Å². The van der Waals surface area contributed by atoms with E-state index in [0.29, 0.717) is 18.4 Å². The number of hydrogen-bond donors (Lipinski definition) is 1. The summed E-state index contributed by atoms with van der Waals surface area (Å²) in [6.07, 6.45) is 12.1. The van der Waals surface area contributed by atoms with E-state index in [0.717, 1.165) is 23.8 Å². The van der Waals surface area contributed by atoms with Gasteiger partial charge in [-0.05, 0) is 25.5 Å². The second kappa shape index (κ2) is 7.83. The standard InChI is InChI=1S/C16H24N6OS/c1-21-11-10-17-14(21)15(23)18-9-5-8-13-19-20-16(24-2)22(13)12-6-3-4-7-12/h10-12H,3-9H2,1-2H3,(H,18,23). The van der Waals surface area contributed by atoms with Crippen LogP contribution in [0, 0.1) is 0 Å². The SMILES string of the molecule is CSc1nnc(CCCNC(=O)c2nccn2C)n1C1CCCC1. The first-order valence-corrected chi connectivity index (χ1v) is 9.66. The predicted octanol–water partition coefficient (Wildman–Crippen LogP) is 2.21. The smallest absolute Gasteiger partial charge is 0.287 e. The molecule has 1 saturated carbocycles. The summed E-state index contributed by atoms with van der Waals surface area (Å²) in [5.74, 6) is 1.34. The summed E-state index contributed by atoms with van der Waals surface area (Å²) in [6, 6.07) is 0.541. The molecule has 2 heterocycles. The predicted molar refractivity (Wildman–Crippen MR) is 93.2 cm³/mol. The van der Waals surface area contributed by atoms with E-state index in [4.69, 9.17) is 0 Å². The Balaban J connectivity index is 1.54. The van der Waals surface area contributed by atoms with Crippen LogP contribution in [-0.4, -0.2) is 43.0 Å². The van der Waals surface area contributed by atoms with Crippen molar-refractivity contribution in [1.82, 2.24) is 29.6 Å². The number of carbonyl (C=O) groups is 1. The Morgan fingerprint density at radius 2 is 2.17 bits per heavy atom. The molecule has 0 aliphatic heterocycles. The molecule has 0 bridgehead atoms. The molecule has 0 spiro atoms. The maximum atomic E-state index is 12.0. The van der Waals surface area contributed by atoms with Crippen molar-refractivity contribution < 1.29 is 4.79 Å². The quantitative estimate of drug-likeness (QED) is 0.613. The van der Waals surface area contributed by atoms with Crippen molar-refractivity contribution in [3.05, 3.63) is 24.0 Å². The van der Waals surface area contributed by atoms with Crippen LogP contribution in [0.5, 0.6) is 0 Å². The summed E-state index contributed by atoms with van der Waals surface area (Å²) in [6.45, 7) is 0.609. The highest BCUT2D eigenvalue weighted by atomic mass is 32.2. The molecule has 2 aromatic rings. The summed E-state index contributed by atoms with van der Waals surface area (Å²) >= 11 is 1.66. The first-order valence-electron chi connectivity index (χ1n) is 8.44. The molecule has 7 nitrogen and oxygen atoms in total. The van der Waals surface area contributed by atoms with Gasteiger partial charge in [-0.25, -0.2) is 4.98 Å². The minimum absolute atomic E-state index is 0.135. The number of carbonyl (C=O) groups excluding carboxylic acids is 1. The van der Waals surface area contributed by atoms with E-state index in [-0.39, 0.29) is 5.91 Å². The summed E-state index contributed by atoms with van der Waals surface area (Å²) in [5.41, 5.74) is 0. The molecule has 0 saturated heterocycles. The Hall–Kier alpha value is -1.83. The number of aryl methyl sites for hydroxylation is 2. The average molecular weight is 348 g/mol. The molecule has 130 valence electrons. The number of rotatable bonds is 7. The van der Waals surface area contributed by atoms with Crippen LogP contribution in [0.1, 0.15) is 54.6 Å². The van der Waals surface area contributed by atoms with E-state index in [2.05, 4.69) is 25.1 Å². The number of thioether (sulfide) groups is 1. The van der Waals surface area contributed by atoms with Gasteiger partial charge >= 0.3 is 0 Å². The summed E-state index contributed by atoms with van der Waals surface area (Å²) in [5, 5.41) is 12.6. The molecule has 1 fully saturated rings. The number of amides is 1. The largest absolute Gasteiger partial charge is 0.349 e. The van der Waals surface area contributed by atoms with Crippen LogP contribution in [0.3, 0.4) is 0 Å². The highest BCUT2D eigenvalue weighted by Crippen LogP contribution is 2.33. The van der Waals surface area contributed by atoms with Gasteiger partial charge < -0.3 is 14.5 Å².